The lowest BCUT2D eigenvalue weighted by Gasteiger charge is -2.12. The first-order chi connectivity index (χ1) is 5.27. The van der Waals surface area contributed by atoms with Crippen LogP contribution >= 0.6 is 0 Å². The van der Waals surface area contributed by atoms with E-state index in [0.29, 0.717) is 6.04 Å². The van der Waals surface area contributed by atoms with Crippen molar-refractivity contribution in [2.24, 2.45) is 5.92 Å². The first-order valence-corrected chi connectivity index (χ1v) is 4.24. The molecule has 0 aromatic carbocycles. The van der Waals surface area contributed by atoms with Crippen LogP contribution in [0.5, 0.6) is 0 Å². The summed E-state index contributed by atoms with van der Waals surface area (Å²) in [5, 5.41) is 8.74. The minimum absolute atomic E-state index is 0.0831. The van der Waals surface area contributed by atoms with Gasteiger partial charge in [-0.05, 0) is 25.8 Å². The molecule has 3 heteroatoms. The van der Waals surface area contributed by atoms with Crippen molar-refractivity contribution in [1.82, 2.24) is 4.90 Å². The molecule has 62 valence electrons. The van der Waals surface area contributed by atoms with Crippen LogP contribution in [-0.4, -0.2) is 35.1 Å². The number of carboxylic acid groups (broad SMARTS) is 1. The highest BCUT2D eigenvalue weighted by Gasteiger charge is 2.38. The van der Waals surface area contributed by atoms with Crippen LogP contribution in [0, 0.1) is 5.92 Å². The van der Waals surface area contributed by atoms with E-state index in [4.69, 9.17) is 5.11 Å². The molecule has 2 heterocycles. The van der Waals surface area contributed by atoms with Crippen molar-refractivity contribution in [3.05, 3.63) is 0 Å². The van der Waals surface area contributed by atoms with Gasteiger partial charge in [0.25, 0.3) is 0 Å². The van der Waals surface area contributed by atoms with Gasteiger partial charge in [-0.3, -0.25) is 9.69 Å². The molecule has 2 atom stereocenters. The monoisotopic (exact) mass is 155 g/mol. The molecule has 0 bridgehead atoms. The van der Waals surface area contributed by atoms with Gasteiger partial charge in [-0.1, -0.05) is 0 Å². The van der Waals surface area contributed by atoms with E-state index >= 15 is 0 Å². The fourth-order valence-corrected chi connectivity index (χ4v) is 2.27. The van der Waals surface area contributed by atoms with Gasteiger partial charge in [0, 0.05) is 12.6 Å². The average molecular weight is 155 g/mol. The predicted molar refractivity (Wildman–Crippen MR) is 40.3 cm³/mol. The van der Waals surface area contributed by atoms with E-state index in [-0.39, 0.29) is 5.92 Å². The van der Waals surface area contributed by atoms with E-state index in [1.807, 2.05) is 0 Å². The minimum atomic E-state index is -0.612. The van der Waals surface area contributed by atoms with Gasteiger partial charge < -0.3 is 5.11 Å². The second kappa shape index (κ2) is 2.48. The van der Waals surface area contributed by atoms with Gasteiger partial charge in [0.05, 0.1) is 5.92 Å². The summed E-state index contributed by atoms with van der Waals surface area (Å²) in [5.41, 5.74) is 0. The zero-order chi connectivity index (χ0) is 7.84. The van der Waals surface area contributed by atoms with Crippen LogP contribution in [0.4, 0.5) is 0 Å². The van der Waals surface area contributed by atoms with Crippen molar-refractivity contribution in [3.63, 3.8) is 0 Å². The molecule has 2 saturated heterocycles. The highest BCUT2D eigenvalue weighted by atomic mass is 16.4. The Balaban J connectivity index is 1.99. The van der Waals surface area contributed by atoms with E-state index in [9.17, 15) is 4.79 Å². The Morgan fingerprint density at radius 1 is 1.55 bits per heavy atom. The number of nitrogens with zero attached hydrogens (tertiary/aromatic N) is 1. The summed E-state index contributed by atoms with van der Waals surface area (Å²) in [6.07, 6.45) is 3.36. The Kier molecular flexibility index (Phi) is 1.60. The van der Waals surface area contributed by atoms with Crippen LogP contribution < -0.4 is 0 Å². The van der Waals surface area contributed by atoms with Crippen LogP contribution in [0.3, 0.4) is 0 Å². The molecule has 0 unspecified atom stereocenters. The maximum Gasteiger partial charge on any atom is 0.307 e. The third-order valence-electron chi connectivity index (χ3n) is 2.86. The van der Waals surface area contributed by atoms with Gasteiger partial charge >= 0.3 is 5.97 Å². The Morgan fingerprint density at radius 2 is 2.36 bits per heavy atom. The molecule has 0 amide bonds. The number of hydrogen-bond donors (Lipinski definition) is 1. The van der Waals surface area contributed by atoms with E-state index in [1.165, 1.54) is 12.8 Å². The lowest BCUT2D eigenvalue weighted by atomic mass is 10.0. The number of aliphatic carboxylic acids is 1. The highest BCUT2D eigenvalue weighted by molar-refractivity contribution is 5.70. The first-order valence-electron chi connectivity index (χ1n) is 4.24. The molecule has 2 aliphatic heterocycles. The number of fused-ring (bicyclic) bond motifs is 1. The maximum atomic E-state index is 10.6. The van der Waals surface area contributed by atoms with Crippen LogP contribution in [0.1, 0.15) is 19.3 Å². The largest absolute Gasteiger partial charge is 0.481 e. The molecule has 2 rings (SSSR count). The summed E-state index contributed by atoms with van der Waals surface area (Å²) in [6, 6.07) is 0.594. The summed E-state index contributed by atoms with van der Waals surface area (Å²) < 4.78 is 0. The van der Waals surface area contributed by atoms with Crippen LogP contribution in [0.15, 0.2) is 0 Å². The zero-order valence-electron chi connectivity index (χ0n) is 6.49. The van der Waals surface area contributed by atoms with Gasteiger partial charge in [-0.2, -0.15) is 0 Å². The third-order valence-corrected chi connectivity index (χ3v) is 2.86. The summed E-state index contributed by atoms with van der Waals surface area (Å²) in [7, 11) is 0. The van der Waals surface area contributed by atoms with Crippen LogP contribution in [-0.2, 0) is 4.79 Å². The molecule has 2 fully saturated rings. The molecule has 0 aromatic heterocycles. The second-order valence-corrected chi connectivity index (χ2v) is 3.56. The van der Waals surface area contributed by atoms with Crippen LogP contribution in [0.25, 0.3) is 0 Å². The van der Waals surface area contributed by atoms with Gasteiger partial charge in [0.1, 0.15) is 0 Å². The van der Waals surface area contributed by atoms with Crippen molar-refractivity contribution in [3.8, 4) is 0 Å². The number of hydrogen-bond acceptors (Lipinski definition) is 2. The highest BCUT2D eigenvalue weighted by Crippen LogP contribution is 2.31. The quantitative estimate of drug-likeness (QED) is 0.601. The summed E-state index contributed by atoms with van der Waals surface area (Å²) in [6.45, 7) is 1.91. The average Bonchev–Trinajstić information content (AvgIpc) is 2.40. The minimum Gasteiger partial charge on any atom is -0.481 e. The molecule has 1 N–H and O–H groups in total. The fourth-order valence-electron chi connectivity index (χ4n) is 2.27. The molecule has 0 radical (unpaired) electrons. The smallest absolute Gasteiger partial charge is 0.307 e. The van der Waals surface area contributed by atoms with Gasteiger partial charge in [0.15, 0.2) is 0 Å². The maximum absolute atomic E-state index is 10.6. The first kappa shape index (κ1) is 7.10. The van der Waals surface area contributed by atoms with E-state index in [2.05, 4.69) is 4.90 Å². The molecule has 0 spiro atoms. The molecule has 0 aliphatic carbocycles. The molecule has 0 saturated carbocycles. The number of carbonyl (C=O) groups is 1. The molecule has 3 nitrogen and oxygen atoms in total. The Labute approximate surface area is 66.0 Å². The summed E-state index contributed by atoms with van der Waals surface area (Å²) in [5.74, 6) is -0.695. The zero-order valence-corrected chi connectivity index (χ0v) is 6.49. The van der Waals surface area contributed by atoms with Gasteiger partial charge in [-0.15, -0.1) is 0 Å². The molecule has 2 aliphatic rings. The lowest BCUT2D eigenvalue weighted by Crippen LogP contribution is -2.23. The Morgan fingerprint density at radius 3 is 3.00 bits per heavy atom. The Hall–Kier alpha value is -0.570. The third kappa shape index (κ3) is 1.13. The van der Waals surface area contributed by atoms with Crippen molar-refractivity contribution in [2.75, 3.05) is 13.1 Å². The molecular formula is C8H13NO2. The van der Waals surface area contributed by atoms with E-state index in [0.717, 1.165) is 19.5 Å². The number of rotatable bonds is 1. The van der Waals surface area contributed by atoms with E-state index in [1.54, 1.807) is 0 Å². The van der Waals surface area contributed by atoms with Gasteiger partial charge in [0.2, 0.25) is 0 Å². The summed E-state index contributed by atoms with van der Waals surface area (Å²) >= 11 is 0. The van der Waals surface area contributed by atoms with Crippen molar-refractivity contribution >= 4 is 5.97 Å². The molecule has 0 aromatic rings. The van der Waals surface area contributed by atoms with Crippen LogP contribution in [0.2, 0.25) is 0 Å². The second-order valence-electron chi connectivity index (χ2n) is 3.56. The standard InChI is InChI=1S/C8H13NO2/c10-8(11)6-4-7-2-1-3-9(7)5-6/h6-7H,1-5H2,(H,10,11)/t6-,7-/m0/s1. The van der Waals surface area contributed by atoms with Crippen molar-refractivity contribution in [1.29, 1.82) is 0 Å². The topological polar surface area (TPSA) is 40.5 Å². The van der Waals surface area contributed by atoms with Crippen molar-refractivity contribution < 1.29 is 9.90 Å². The molecule has 11 heavy (non-hydrogen) atoms. The van der Waals surface area contributed by atoms with E-state index < -0.39 is 5.97 Å². The fraction of sp³-hybridized carbons (Fsp3) is 0.875. The van der Waals surface area contributed by atoms with Gasteiger partial charge in [-0.25, -0.2) is 0 Å². The predicted octanol–water partition coefficient (Wildman–Crippen LogP) is 0.555. The Bertz CT molecular complexity index is 169. The lowest BCUT2D eigenvalue weighted by molar-refractivity contribution is -0.141. The number of carboxylic acids is 1. The molecular weight excluding hydrogens is 142 g/mol. The summed E-state index contributed by atoms with van der Waals surface area (Å²) in [4.78, 5) is 12.9. The van der Waals surface area contributed by atoms with Crippen molar-refractivity contribution in [2.45, 2.75) is 25.3 Å². The normalized spacial score (nSPS) is 37.5. The SMILES string of the molecule is O=C(O)[C@H]1C[C@@H]2CCCN2C1.